The van der Waals surface area contributed by atoms with E-state index in [4.69, 9.17) is 17.0 Å². The molecule has 176 valence electrons. The minimum absolute atomic E-state index is 0.0185. The number of benzene rings is 1. The molecule has 1 aromatic heterocycles. The normalized spacial score (nSPS) is 27.7. The Balaban J connectivity index is 1.58. The van der Waals surface area contributed by atoms with Crippen molar-refractivity contribution in [2.75, 3.05) is 5.32 Å². The highest BCUT2D eigenvalue weighted by molar-refractivity contribution is 6.34. The predicted octanol–water partition coefficient (Wildman–Crippen LogP) is 4.38. The average Bonchev–Trinajstić information content (AvgIpc) is 2.67. The first-order chi connectivity index (χ1) is 15.3. The zero-order valence-electron chi connectivity index (χ0n) is 17.9. The van der Waals surface area contributed by atoms with E-state index >= 15 is 0 Å². The number of nitrogens with zero attached hydrogens (tertiary/aromatic N) is 2. The van der Waals surface area contributed by atoms with Gasteiger partial charge in [0, 0.05) is 17.9 Å². The van der Waals surface area contributed by atoms with Crippen LogP contribution in [0.3, 0.4) is 0 Å². The number of guanidine groups is 1. The van der Waals surface area contributed by atoms with Crippen molar-refractivity contribution in [1.82, 2.24) is 15.2 Å². The van der Waals surface area contributed by atoms with Crippen molar-refractivity contribution in [2.45, 2.75) is 56.5 Å². The molecule has 2 aromatic rings. The SMILES string of the molecule is C[C@@]1(c2cccc(Nc3ccnc(C(F)(F)F)c3)c2Cl)CC(=O)N([C@H]2C[C@@](C)(O)C2)C(=N)N1. The number of alkyl halides is 3. The van der Waals surface area contributed by atoms with E-state index in [0.717, 1.165) is 12.3 Å². The zero-order valence-corrected chi connectivity index (χ0v) is 18.7. The fourth-order valence-electron chi connectivity index (χ4n) is 4.44. The van der Waals surface area contributed by atoms with E-state index in [-0.39, 0.29) is 35.0 Å². The lowest BCUT2D eigenvalue weighted by Crippen LogP contribution is -2.66. The number of hydrogen-bond acceptors (Lipinski definition) is 5. The van der Waals surface area contributed by atoms with Crippen LogP contribution in [0.1, 0.15) is 44.4 Å². The number of anilines is 2. The molecule has 2 fully saturated rings. The van der Waals surface area contributed by atoms with Gasteiger partial charge in [-0.1, -0.05) is 23.7 Å². The van der Waals surface area contributed by atoms with E-state index in [0.29, 0.717) is 24.1 Å². The second-order valence-electron chi connectivity index (χ2n) is 9.02. The van der Waals surface area contributed by atoms with Gasteiger partial charge in [-0.15, -0.1) is 0 Å². The van der Waals surface area contributed by atoms with Crippen LogP contribution in [-0.2, 0) is 16.5 Å². The van der Waals surface area contributed by atoms with E-state index in [9.17, 15) is 23.1 Å². The fourth-order valence-corrected chi connectivity index (χ4v) is 4.82. The van der Waals surface area contributed by atoms with Gasteiger partial charge in [-0.3, -0.25) is 20.1 Å². The molecule has 2 heterocycles. The van der Waals surface area contributed by atoms with E-state index in [1.165, 1.54) is 11.0 Å². The van der Waals surface area contributed by atoms with Crippen LogP contribution in [0.15, 0.2) is 36.5 Å². The van der Waals surface area contributed by atoms with Gasteiger partial charge in [-0.2, -0.15) is 13.2 Å². The Morgan fingerprint density at radius 1 is 1.30 bits per heavy atom. The van der Waals surface area contributed by atoms with Crippen LogP contribution in [0.2, 0.25) is 5.02 Å². The first-order valence-electron chi connectivity index (χ1n) is 10.3. The summed E-state index contributed by atoms with van der Waals surface area (Å²) in [5, 5.41) is 24.6. The van der Waals surface area contributed by atoms with Gasteiger partial charge in [0.2, 0.25) is 5.91 Å². The number of amides is 1. The molecule has 2 aliphatic rings. The Morgan fingerprint density at radius 3 is 2.61 bits per heavy atom. The van der Waals surface area contributed by atoms with Gasteiger partial charge in [0.05, 0.1) is 28.3 Å². The summed E-state index contributed by atoms with van der Waals surface area (Å²) in [6, 6.07) is 7.03. The maximum Gasteiger partial charge on any atom is 0.433 e. The molecule has 1 saturated carbocycles. The maximum absolute atomic E-state index is 13.0. The molecule has 0 radical (unpaired) electrons. The number of halogens is 4. The standard InChI is InChI=1S/C22H23ClF3N5O2/c1-20(33)9-13(10-20)31-17(32)11-21(2,30-19(31)27)14-4-3-5-15(18(14)23)29-12-6-7-28-16(8-12)22(24,25)26/h3-8,13,33H,9-11H2,1-2H3,(H2,27,30)(H,28,29)/t13-,20+,21-/m0/s1. The van der Waals surface area contributed by atoms with Gasteiger partial charge in [-0.25, -0.2) is 0 Å². The van der Waals surface area contributed by atoms with Gasteiger partial charge >= 0.3 is 6.18 Å². The molecule has 1 atom stereocenters. The topological polar surface area (TPSA) is 101 Å². The van der Waals surface area contributed by atoms with Gasteiger partial charge in [0.15, 0.2) is 5.96 Å². The first kappa shape index (κ1) is 23.3. The molecule has 1 aliphatic heterocycles. The lowest BCUT2D eigenvalue weighted by atomic mass is 9.75. The monoisotopic (exact) mass is 481 g/mol. The Labute approximate surface area is 193 Å². The molecule has 33 heavy (non-hydrogen) atoms. The van der Waals surface area contributed by atoms with Crippen LogP contribution in [0.25, 0.3) is 0 Å². The van der Waals surface area contributed by atoms with E-state index in [1.807, 2.05) is 0 Å². The van der Waals surface area contributed by atoms with Gasteiger partial charge < -0.3 is 15.7 Å². The summed E-state index contributed by atoms with van der Waals surface area (Å²) in [5.74, 6) is -0.340. The Kier molecular flexibility index (Phi) is 5.57. The summed E-state index contributed by atoms with van der Waals surface area (Å²) in [6.07, 6.45) is -2.72. The van der Waals surface area contributed by atoms with Crippen molar-refractivity contribution in [3.63, 3.8) is 0 Å². The molecule has 1 aliphatic carbocycles. The summed E-state index contributed by atoms with van der Waals surface area (Å²) in [4.78, 5) is 17.7. The Morgan fingerprint density at radius 2 is 2.00 bits per heavy atom. The molecule has 1 amide bonds. The van der Waals surface area contributed by atoms with Crippen molar-refractivity contribution in [3.8, 4) is 0 Å². The second kappa shape index (κ2) is 7.88. The minimum Gasteiger partial charge on any atom is -0.390 e. The summed E-state index contributed by atoms with van der Waals surface area (Å²) in [5.41, 5.74) is -1.83. The largest absolute Gasteiger partial charge is 0.433 e. The van der Waals surface area contributed by atoms with Crippen molar-refractivity contribution >= 4 is 34.8 Å². The predicted molar refractivity (Wildman–Crippen MR) is 117 cm³/mol. The summed E-state index contributed by atoms with van der Waals surface area (Å²) >= 11 is 6.61. The summed E-state index contributed by atoms with van der Waals surface area (Å²) in [6.45, 7) is 3.44. The summed E-state index contributed by atoms with van der Waals surface area (Å²) < 4.78 is 38.9. The number of carbonyl (C=O) groups excluding carboxylic acids is 1. The number of nitrogens with one attached hydrogen (secondary N) is 3. The van der Waals surface area contributed by atoms with Gasteiger partial charge in [0.1, 0.15) is 5.69 Å². The Bertz CT molecular complexity index is 1100. The number of carbonyl (C=O) groups is 1. The molecule has 4 N–H and O–H groups in total. The lowest BCUT2D eigenvalue weighted by molar-refractivity contribution is -0.141. The molecule has 11 heteroatoms. The highest BCUT2D eigenvalue weighted by Gasteiger charge is 2.49. The van der Waals surface area contributed by atoms with Crippen LogP contribution < -0.4 is 10.6 Å². The number of aromatic nitrogens is 1. The second-order valence-corrected chi connectivity index (χ2v) is 9.40. The smallest absolute Gasteiger partial charge is 0.390 e. The van der Waals surface area contributed by atoms with E-state index in [2.05, 4.69) is 15.6 Å². The number of aliphatic hydroxyl groups is 1. The lowest BCUT2D eigenvalue weighted by Gasteiger charge is -2.50. The third-order valence-corrected chi connectivity index (χ3v) is 6.45. The highest BCUT2D eigenvalue weighted by Crippen LogP contribution is 2.42. The summed E-state index contributed by atoms with van der Waals surface area (Å²) in [7, 11) is 0. The molecule has 0 spiro atoms. The quantitative estimate of drug-likeness (QED) is 0.519. The first-order valence-corrected chi connectivity index (χ1v) is 10.7. The fraction of sp³-hybridized carbons (Fsp3) is 0.409. The molecule has 1 saturated heterocycles. The molecule has 1 aromatic carbocycles. The molecular formula is C22H23ClF3N5O2. The molecule has 0 unspecified atom stereocenters. The molecule has 0 bridgehead atoms. The van der Waals surface area contributed by atoms with Crippen LogP contribution >= 0.6 is 11.6 Å². The molecular weight excluding hydrogens is 459 g/mol. The van der Waals surface area contributed by atoms with Crippen LogP contribution in [0.4, 0.5) is 24.5 Å². The van der Waals surface area contributed by atoms with Crippen LogP contribution in [-0.4, -0.2) is 38.5 Å². The molecule has 4 rings (SSSR count). The van der Waals surface area contributed by atoms with E-state index in [1.54, 1.807) is 32.0 Å². The molecule has 7 nitrogen and oxygen atoms in total. The third kappa shape index (κ3) is 4.49. The zero-order chi connectivity index (χ0) is 24.2. The minimum atomic E-state index is -4.58. The van der Waals surface area contributed by atoms with Crippen LogP contribution in [0.5, 0.6) is 0 Å². The maximum atomic E-state index is 13.0. The van der Waals surface area contributed by atoms with Crippen molar-refractivity contribution < 1.29 is 23.1 Å². The van der Waals surface area contributed by atoms with Crippen molar-refractivity contribution in [2.24, 2.45) is 0 Å². The highest BCUT2D eigenvalue weighted by atomic mass is 35.5. The Hall–Kier alpha value is -2.85. The van der Waals surface area contributed by atoms with Crippen LogP contribution in [0, 0.1) is 5.41 Å². The number of pyridine rings is 1. The number of rotatable bonds is 4. The third-order valence-electron chi connectivity index (χ3n) is 6.05. The average molecular weight is 482 g/mol. The van der Waals surface area contributed by atoms with Gasteiger partial charge in [-0.05, 0) is 50.5 Å². The van der Waals surface area contributed by atoms with Crippen molar-refractivity contribution in [3.05, 3.63) is 52.8 Å². The van der Waals surface area contributed by atoms with E-state index < -0.39 is 23.0 Å². The van der Waals surface area contributed by atoms with Gasteiger partial charge in [0.25, 0.3) is 0 Å². The number of hydrogen-bond donors (Lipinski definition) is 4. The van der Waals surface area contributed by atoms with Crippen molar-refractivity contribution in [1.29, 1.82) is 5.41 Å².